The second-order valence-corrected chi connectivity index (χ2v) is 6.62. The van der Waals surface area contributed by atoms with Crippen molar-refractivity contribution in [2.24, 2.45) is 5.92 Å². The number of anilines is 2. The van der Waals surface area contributed by atoms with E-state index in [1.807, 2.05) is 39.0 Å². The molecule has 28 heavy (non-hydrogen) atoms. The van der Waals surface area contributed by atoms with Crippen molar-refractivity contribution >= 4 is 29.2 Å². The molecule has 1 atom stereocenters. The number of carbonyl (C=O) groups is 3. The topological polar surface area (TPSA) is 99.3 Å². The molecule has 0 aliphatic heterocycles. The van der Waals surface area contributed by atoms with Gasteiger partial charge in [-0.15, -0.1) is 0 Å². The van der Waals surface area contributed by atoms with Gasteiger partial charge in [0.1, 0.15) is 6.04 Å². The maximum Gasteiger partial charge on any atom is 0.319 e. The number of nitrogens with one attached hydrogen (secondary N) is 4. The lowest BCUT2D eigenvalue weighted by atomic mass is 10.0. The molecule has 4 amide bonds. The highest BCUT2D eigenvalue weighted by molar-refractivity contribution is 6.01. The zero-order chi connectivity index (χ0) is 20.5. The molecule has 0 spiro atoms. The number of carbonyl (C=O) groups excluding carboxylic acids is 3. The molecule has 0 heterocycles. The average molecular weight is 382 g/mol. The SMILES string of the molecule is CCNC(=O)c1cccc(NC(=O)C(NC(=O)Nc2ccccc2)C(C)C)c1. The normalized spacial score (nSPS) is 11.4. The van der Waals surface area contributed by atoms with Gasteiger partial charge in [-0.05, 0) is 43.2 Å². The summed E-state index contributed by atoms with van der Waals surface area (Å²) in [5.41, 5.74) is 1.58. The summed E-state index contributed by atoms with van der Waals surface area (Å²) in [6, 6.07) is 14.5. The van der Waals surface area contributed by atoms with Gasteiger partial charge >= 0.3 is 6.03 Å². The lowest BCUT2D eigenvalue weighted by Gasteiger charge is -2.22. The van der Waals surface area contributed by atoms with Crippen LogP contribution in [-0.4, -0.2) is 30.4 Å². The molecule has 0 bridgehead atoms. The van der Waals surface area contributed by atoms with Crippen LogP contribution in [0.4, 0.5) is 16.2 Å². The number of hydrogen-bond donors (Lipinski definition) is 4. The van der Waals surface area contributed by atoms with Gasteiger partial charge in [0.15, 0.2) is 0 Å². The van der Waals surface area contributed by atoms with Gasteiger partial charge in [0, 0.05) is 23.5 Å². The highest BCUT2D eigenvalue weighted by Crippen LogP contribution is 2.13. The second kappa shape index (κ2) is 10.1. The fourth-order valence-electron chi connectivity index (χ4n) is 2.59. The quantitative estimate of drug-likeness (QED) is 0.592. The number of urea groups is 1. The molecule has 7 nitrogen and oxygen atoms in total. The van der Waals surface area contributed by atoms with Crippen LogP contribution in [0.2, 0.25) is 0 Å². The summed E-state index contributed by atoms with van der Waals surface area (Å²) in [4.78, 5) is 36.9. The Morgan fingerprint density at radius 1 is 0.893 bits per heavy atom. The van der Waals surface area contributed by atoms with Crippen molar-refractivity contribution in [3.8, 4) is 0 Å². The summed E-state index contributed by atoms with van der Waals surface area (Å²) in [7, 11) is 0. The summed E-state index contributed by atoms with van der Waals surface area (Å²) < 4.78 is 0. The summed E-state index contributed by atoms with van der Waals surface area (Å²) >= 11 is 0. The van der Waals surface area contributed by atoms with E-state index in [0.29, 0.717) is 23.5 Å². The lowest BCUT2D eigenvalue weighted by molar-refractivity contribution is -0.118. The standard InChI is InChI=1S/C21H26N4O3/c1-4-22-19(26)15-9-8-12-17(13-15)23-20(27)18(14(2)3)25-21(28)24-16-10-6-5-7-11-16/h5-14,18H,4H2,1-3H3,(H,22,26)(H,23,27)(H2,24,25,28). The van der Waals surface area contributed by atoms with Crippen LogP contribution >= 0.6 is 0 Å². The molecule has 0 fully saturated rings. The van der Waals surface area contributed by atoms with Crippen LogP contribution in [0.15, 0.2) is 54.6 Å². The van der Waals surface area contributed by atoms with Crippen LogP contribution in [0.25, 0.3) is 0 Å². The van der Waals surface area contributed by atoms with E-state index in [9.17, 15) is 14.4 Å². The first-order chi connectivity index (χ1) is 13.4. The van der Waals surface area contributed by atoms with Gasteiger partial charge in [-0.2, -0.15) is 0 Å². The molecule has 7 heteroatoms. The van der Waals surface area contributed by atoms with Crippen molar-refractivity contribution in [3.63, 3.8) is 0 Å². The van der Waals surface area contributed by atoms with E-state index in [4.69, 9.17) is 0 Å². The molecule has 0 saturated carbocycles. The molecule has 0 aromatic heterocycles. The van der Waals surface area contributed by atoms with Gasteiger partial charge in [0.05, 0.1) is 0 Å². The van der Waals surface area contributed by atoms with E-state index in [2.05, 4.69) is 21.3 Å². The van der Waals surface area contributed by atoms with E-state index in [1.54, 1.807) is 36.4 Å². The summed E-state index contributed by atoms with van der Waals surface area (Å²) in [6.45, 7) is 6.05. The molecule has 2 aromatic rings. The number of hydrogen-bond acceptors (Lipinski definition) is 3. The van der Waals surface area contributed by atoms with Crippen molar-refractivity contribution in [1.29, 1.82) is 0 Å². The number of benzene rings is 2. The first kappa shape index (κ1) is 21.0. The Labute approximate surface area is 164 Å². The molecular formula is C21H26N4O3. The molecule has 0 radical (unpaired) electrons. The Morgan fingerprint density at radius 3 is 2.21 bits per heavy atom. The molecule has 4 N–H and O–H groups in total. The Kier molecular flexibility index (Phi) is 7.56. The van der Waals surface area contributed by atoms with E-state index >= 15 is 0 Å². The first-order valence-electron chi connectivity index (χ1n) is 9.22. The van der Waals surface area contributed by atoms with Gasteiger partial charge in [-0.1, -0.05) is 38.1 Å². The van der Waals surface area contributed by atoms with Crippen molar-refractivity contribution in [2.75, 3.05) is 17.2 Å². The second-order valence-electron chi connectivity index (χ2n) is 6.62. The van der Waals surface area contributed by atoms with Crippen LogP contribution in [0.3, 0.4) is 0 Å². The van der Waals surface area contributed by atoms with Crippen molar-refractivity contribution in [3.05, 3.63) is 60.2 Å². The smallest absolute Gasteiger partial charge is 0.319 e. The van der Waals surface area contributed by atoms with Crippen LogP contribution in [0.5, 0.6) is 0 Å². The predicted molar refractivity (Wildman–Crippen MR) is 110 cm³/mol. The molecule has 0 aliphatic carbocycles. The number of para-hydroxylation sites is 1. The molecule has 0 aliphatic rings. The minimum atomic E-state index is -0.739. The van der Waals surface area contributed by atoms with E-state index in [0.717, 1.165) is 0 Å². The Bertz CT molecular complexity index is 821. The zero-order valence-electron chi connectivity index (χ0n) is 16.3. The highest BCUT2D eigenvalue weighted by Gasteiger charge is 2.24. The van der Waals surface area contributed by atoms with Gasteiger partial charge in [-0.25, -0.2) is 4.79 Å². The van der Waals surface area contributed by atoms with Crippen LogP contribution in [0, 0.1) is 5.92 Å². The van der Waals surface area contributed by atoms with E-state index in [-0.39, 0.29) is 17.7 Å². The predicted octanol–water partition coefficient (Wildman–Crippen LogP) is 3.22. The van der Waals surface area contributed by atoms with Crippen molar-refractivity contribution in [2.45, 2.75) is 26.8 Å². The highest BCUT2D eigenvalue weighted by atomic mass is 16.2. The van der Waals surface area contributed by atoms with Gasteiger partial charge in [-0.3, -0.25) is 9.59 Å². The van der Waals surface area contributed by atoms with Crippen molar-refractivity contribution < 1.29 is 14.4 Å². The zero-order valence-corrected chi connectivity index (χ0v) is 16.3. The average Bonchev–Trinajstić information content (AvgIpc) is 2.67. The summed E-state index contributed by atoms with van der Waals surface area (Å²) in [5.74, 6) is -0.696. The third-order valence-electron chi connectivity index (χ3n) is 4.00. The Morgan fingerprint density at radius 2 is 1.57 bits per heavy atom. The maximum atomic E-state index is 12.7. The molecule has 0 saturated heterocycles. The van der Waals surface area contributed by atoms with Gasteiger partial charge < -0.3 is 21.3 Å². The van der Waals surface area contributed by atoms with E-state index < -0.39 is 12.1 Å². The molecule has 1 unspecified atom stereocenters. The molecule has 2 aromatic carbocycles. The monoisotopic (exact) mass is 382 g/mol. The summed E-state index contributed by atoms with van der Waals surface area (Å²) in [5, 5.41) is 10.9. The van der Waals surface area contributed by atoms with Crippen LogP contribution in [0.1, 0.15) is 31.1 Å². The largest absolute Gasteiger partial charge is 0.352 e. The third-order valence-corrected chi connectivity index (χ3v) is 4.00. The number of rotatable bonds is 7. The van der Waals surface area contributed by atoms with E-state index in [1.165, 1.54) is 0 Å². The molecule has 2 rings (SSSR count). The van der Waals surface area contributed by atoms with Crippen LogP contribution < -0.4 is 21.3 Å². The molecule has 148 valence electrons. The van der Waals surface area contributed by atoms with Crippen LogP contribution in [-0.2, 0) is 4.79 Å². The van der Waals surface area contributed by atoms with Crippen molar-refractivity contribution in [1.82, 2.24) is 10.6 Å². The fraction of sp³-hybridized carbons (Fsp3) is 0.286. The minimum absolute atomic E-state index is 0.131. The minimum Gasteiger partial charge on any atom is -0.352 e. The summed E-state index contributed by atoms with van der Waals surface area (Å²) in [6.07, 6.45) is 0. The fourth-order valence-corrected chi connectivity index (χ4v) is 2.59. The Balaban J connectivity index is 2.03. The Hall–Kier alpha value is -3.35. The van der Waals surface area contributed by atoms with Gasteiger partial charge in [0.25, 0.3) is 5.91 Å². The molecular weight excluding hydrogens is 356 g/mol. The lowest BCUT2D eigenvalue weighted by Crippen LogP contribution is -2.48. The van der Waals surface area contributed by atoms with Gasteiger partial charge in [0.2, 0.25) is 5.91 Å². The number of amides is 4. The third kappa shape index (κ3) is 6.12. The first-order valence-corrected chi connectivity index (χ1v) is 9.22. The maximum absolute atomic E-state index is 12.7.